The second-order valence-corrected chi connectivity index (χ2v) is 7.40. The average Bonchev–Trinajstić information content (AvgIpc) is 2.68. The predicted molar refractivity (Wildman–Crippen MR) is 108 cm³/mol. The molecule has 0 aliphatic carbocycles. The summed E-state index contributed by atoms with van der Waals surface area (Å²) in [6, 6.07) is 23.8. The van der Waals surface area contributed by atoms with E-state index in [9.17, 15) is 15.2 Å². The second kappa shape index (κ2) is 7.25. The van der Waals surface area contributed by atoms with Crippen molar-refractivity contribution in [3.05, 3.63) is 83.4 Å². The van der Waals surface area contributed by atoms with E-state index >= 15 is 0 Å². The molecule has 0 radical (unpaired) electrons. The van der Waals surface area contributed by atoms with E-state index in [-0.39, 0.29) is 5.92 Å². The molecule has 0 bridgehead atoms. The van der Waals surface area contributed by atoms with Crippen molar-refractivity contribution < 1.29 is 9.90 Å². The summed E-state index contributed by atoms with van der Waals surface area (Å²) in [7, 11) is 0. The van der Waals surface area contributed by atoms with Gasteiger partial charge in [-0.3, -0.25) is 4.79 Å². The largest absolute Gasteiger partial charge is 0.480 e. The number of aliphatic carboxylic acids is 1. The van der Waals surface area contributed by atoms with E-state index in [1.54, 1.807) is 0 Å². The highest BCUT2D eigenvalue weighted by Gasteiger charge is 2.45. The molecule has 2 unspecified atom stereocenters. The summed E-state index contributed by atoms with van der Waals surface area (Å²) >= 11 is 0. The Morgan fingerprint density at radius 3 is 2.11 bits per heavy atom. The van der Waals surface area contributed by atoms with Gasteiger partial charge in [0.05, 0.1) is 6.07 Å². The van der Waals surface area contributed by atoms with Crippen LogP contribution in [0.5, 0.6) is 0 Å². The first-order chi connectivity index (χ1) is 12.9. The van der Waals surface area contributed by atoms with E-state index in [1.165, 1.54) is 6.92 Å². The molecular weight excluding hydrogens is 334 g/mol. The Bertz CT molecular complexity index is 1030. The fraction of sp³-hybridized carbons (Fsp3) is 0.250. The van der Waals surface area contributed by atoms with Crippen LogP contribution < -0.4 is 0 Å². The van der Waals surface area contributed by atoms with Crippen molar-refractivity contribution in [2.75, 3.05) is 0 Å². The number of carbonyl (C=O) groups is 1. The smallest absolute Gasteiger partial charge is 0.324 e. The van der Waals surface area contributed by atoms with Crippen molar-refractivity contribution in [2.24, 2.45) is 5.41 Å². The molecule has 0 saturated heterocycles. The van der Waals surface area contributed by atoms with Crippen LogP contribution in [0.15, 0.2) is 66.7 Å². The molecule has 0 aliphatic rings. The van der Waals surface area contributed by atoms with Crippen molar-refractivity contribution in [1.29, 1.82) is 5.26 Å². The molecule has 3 aromatic carbocycles. The molecule has 0 amide bonds. The Hall–Kier alpha value is -3.12. The molecule has 2 atom stereocenters. The lowest BCUT2D eigenvalue weighted by molar-refractivity contribution is -0.145. The molecule has 0 spiro atoms. The summed E-state index contributed by atoms with van der Waals surface area (Å²) in [6.07, 6.45) is 0. The first-order valence-electron chi connectivity index (χ1n) is 9.11. The van der Waals surface area contributed by atoms with Crippen molar-refractivity contribution in [2.45, 2.75) is 32.6 Å². The third kappa shape index (κ3) is 3.19. The van der Waals surface area contributed by atoms with E-state index in [0.717, 1.165) is 27.5 Å². The number of hydrogen-bond donors (Lipinski definition) is 1. The standard InChI is InChI=1S/C24H23NO2/c1-16(2)18-11-6-7-13-20(18)22(24(3,15-25)23(26)27)21-14-8-10-17-9-4-5-12-19(17)21/h4-14,16,22H,1-3H3,(H,26,27). The minimum Gasteiger partial charge on any atom is -0.480 e. The quantitative estimate of drug-likeness (QED) is 0.636. The van der Waals surface area contributed by atoms with Crippen molar-refractivity contribution >= 4 is 16.7 Å². The molecular formula is C24H23NO2. The first kappa shape index (κ1) is 18.7. The molecule has 3 aromatic rings. The van der Waals surface area contributed by atoms with E-state index in [4.69, 9.17) is 0 Å². The second-order valence-electron chi connectivity index (χ2n) is 7.40. The van der Waals surface area contributed by atoms with Crippen LogP contribution in [0.2, 0.25) is 0 Å². The summed E-state index contributed by atoms with van der Waals surface area (Å²) in [6.45, 7) is 5.70. The van der Waals surface area contributed by atoms with E-state index in [2.05, 4.69) is 19.9 Å². The number of rotatable bonds is 5. The minimum atomic E-state index is -1.59. The molecule has 3 nitrogen and oxygen atoms in total. The lowest BCUT2D eigenvalue weighted by atomic mass is 9.68. The van der Waals surface area contributed by atoms with Gasteiger partial charge in [0.1, 0.15) is 0 Å². The lowest BCUT2D eigenvalue weighted by Gasteiger charge is -2.32. The molecule has 1 N–H and O–H groups in total. The maximum Gasteiger partial charge on any atom is 0.324 e. The fourth-order valence-electron chi connectivity index (χ4n) is 3.83. The number of nitriles is 1. The van der Waals surface area contributed by atoms with Crippen LogP contribution >= 0.6 is 0 Å². The van der Waals surface area contributed by atoms with Crippen LogP contribution in [-0.4, -0.2) is 11.1 Å². The van der Waals surface area contributed by atoms with Gasteiger partial charge in [-0.2, -0.15) is 5.26 Å². The maximum absolute atomic E-state index is 12.2. The van der Waals surface area contributed by atoms with Gasteiger partial charge in [-0.1, -0.05) is 80.6 Å². The summed E-state index contributed by atoms with van der Waals surface area (Å²) in [4.78, 5) is 12.2. The van der Waals surface area contributed by atoms with Gasteiger partial charge in [-0.15, -0.1) is 0 Å². The zero-order valence-electron chi connectivity index (χ0n) is 15.8. The van der Waals surface area contributed by atoms with Crippen molar-refractivity contribution in [3.63, 3.8) is 0 Å². The van der Waals surface area contributed by atoms with E-state index in [0.29, 0.717) is 0 Å². The number of fused-ring (bicyclic) bond motifs is 1. The van der Waals surface area contributed by atoms with Crippen LogP contribution in [-0.2, 0) is 4.79 Å². The highest BCUT2D eigenvalue weighted by Crippen LogP contribution is 2.45. The predicted octanol–water partition coefficient (Wildman–Crippen LogP) is 5.71. The van der Waals surface area contributed by atoms with Crippen LogP contribution in [0.4, 0.5) is 0 Å². The van der Waals surface area contributed by atoms with Crippen LogP contribution in [0.25, 0.3) is 10.8 Å². The van der Waals surface area contributed by atoms with Gasteiger partial charge in [-0.25, -0.2) is 0 Å². The van der Waals surface area contributed by atoms with Gasteiger partial charge in [0.25, 0.3) is 0 Å². The highest BCUT2D eigenvalue weighted by molar-refractivity contribution is 5.89. The Labute approximate surface area is 159 Å². The van der Waals surface area contributed by atoms with Crippen LogP contribution in [0.1, 0.15) is 49.3 Å². The molecule has 136 valence electrons. The zero-order chi connectivity index (χ0) is 19.6. The lowest BCUT2D eigenvalue weighted by Crippen LogP contribution is -2.34. The molecule has 0 saturated carbocycles. The minimum absolute atomic E-state index is 0.218. The maximum atomic E-state index is 12.2. The van der Waals surface area contributed by atoms with Gasteiger partial charge in [0.2, 0.25) is 0 Å². The van der Waals surface area contributed by atoms with Crippen LogP contribution in [0, 0.1) is 16.7 Å². The van der Waals surface area contributed by atoms with Gasteiger partial charge >= 0.3 is 5.97 Å². The summed E-state index contributed by atoms with van der Waals surface area (Å²) in [5.41, 5.74) is 1.25. The third-order valence-electron chi connectivity index (χ3n) is 5.32. The summed E-state index contributed by atoms with van der Waals surface area (Å²) in [5.74, 6) is -1.47. The Balaban J connectivity index is 2.40. The molecule has 3 rings (SSSR count). The fourth-order valence-corrected chi connectivity index (χ4v) is 3.83. The van der Waals surface area contributed by atoms with Crippen LogP contribution in [0.3, 0.4) is 0 Å². The average molecular weight is 357 g/mol. The number of carboxylic acid groups (broad SMARTS) is 1. The first-order valence-corrected chi connectivity index (χ1v) is 9.11. The molecule has 0 aromatic heterocycles. The van der Waals surface area contributed by atoms with Gasteiger partial charge in [-0.05, 0) is 40.3 Å². The molecule has 0 heterocycles. The monoisotopic (exact) mass is 357 g/mol. The van der Waals surface area contributed by atoms with Crippen molar-refractivity contribution in [3.8, 4) is 6.07 Å². The molecule has 0 aliphatic heterocycles. The Morgan fingerprint density at radius 1 is 0.926 bits per heavy atom. The summed E-state index contributed by atoms with van der Waals surface area (Å²) < 4.78 is 0. The Kier molecular flexibility index (Phi) is 5.01. The molecule has 3 heteroatoms. The number of benzene rings is 3. The third-order valence-corrected chi connectivity index (χ3v) is 5.32. The van der Waals surface area contributed by atoms with E-state index < -0.39 is 17.3 Å². The summed E-state index contributed by atoms with van der Waals surface area (Å²) in [5, 5.41) is 21.9. The molecule has 27 heavy (non-hydrogen) atoms. The SMILES string of the molecule is CC(C)c1ccccc1C(c1cccc2ccccc12)C(C)(C#N)C(=O)O. The van der Waals surface area contributed by atoms with Crippen molar-refractivity contribution in [1.82, 2.24) is 0 Å². The van der Waals surface area contributed by atoms with E-state index in [1.807, 2.05) is 66.7 Å². The number of hydrogen-bond acceptors (Lipinski definition) is 2. The van der Waals surface area contributed by atoms with Gasteiger partial charge in [0.15, 0.2) is 5.41 Å². The van der Waals surface area contributed by atoms with Gasteiger partial charge in [0, 0.05) is 5.92 Å². The topological polar surface area (TPSA) is 61.1 Å². The highest BCUT2D eigenvalue weighted by atomic mass is 16.4. The normalized spacial score (nSPS) is 14.5. The van der Waals surface area contributed by atoms with Gasteiger partial charge < -0.3 is 5.11 Å². The Morgan fingerprint density at radius 2 is 1.48 bits per heavy atom. The number of carboxylic acids is 1. The zero-order valence-corrected chi connectivity index (χ0v) is 15.8. The molecule has 0 fully saturated rings. The number of nitrogens with zero attached hydrogens (tertiary/aromatic N) is 1.